The van der Waals surface area contributed by atoms with Gasteiger partial charge in [0.1, 0.15) is 0 Å². The van der Waals surface area contributed by atoms with Crippen LogP contribution < -0.4 is 5.32 Å². The topological polar surface area (TPSA) is 17.0 Å². The van der Waals surface area contributed by atoms with E-state index < -0.39 is 0 Å². The van der Waals surface area contributed by atoms with Crippen LogP contribution in [0.25, 0.3) is 0 Å². The maximum atomic E-state index is 6.20. The molecule has 0 fully saturated rings. The molecule has 0 aliphatic carbocycles. The van der Waals surface area contributed by atoms with E-state index in [1.807, 2.05) is 12.1 Å². The van der Waals surface area contributed by atoms with Gasteiger partial charge in [0, 0.05) is 41.1 Å². The predicted molar refractivity (Wildman–Crippen MR) is 86.6 cm³/mol. The number of benzene rings is 1. The molecule has 0 amide bonds. The van der Waals surface area contributed by atoms with Gasteiger partial charge in [0.05, 0.1) is 0 Å². The molecular weight excluding hydrogens is 291 g/mol. The predicted octanol–water partition coefficient (Wildman–Crippen LogP) is 4.73. The van der Waals surface area contributed by atoms with E-state index >= 15 is 0 Å². The molecule has 108 valence electrons. The fraction of sp³-hybridized carbons (Fsp3) is 0.375. The molecule has 2 rings (SSSR count). The van der Waals surface area contributed by atoms with Crippen molar-refractivity contribution in [1.29, 1.82) is 0 Å². The van der Waals surface area contributed by atoms with Crippen LogP contribution >= 0.6 is 23.2 Å². The average molecular weight is 311 g/mol. The van der Waals surface area contributed by atoms with Crippen LogP contribution in [0.4, 0.5) is 0 Å². The molecule has 0 saturated carbocycles. The Morgan fingerprint density at radius 1 is 1.15 bits per heavy atom. The summed E-state index contributed by atoms with van der Waals surface area (Å²) in [5.41, 5.74) is 2.47. The van der Waals surface area contributed by atoms with E-state index in [1.54, 1.807) is 6.07 Å². The molecule has 0 aliphatic heterocycles. The first-order valence-electron chi connectivity index (χ1n) is 6.67. The van der Waals surface area contributed by atoms with Gasteiger partial charge < -0.3 is 9.88 Å². The van der Waals surface area contributed by atoms with Gasteiger partial charge in [-0.1, -0.05) is 29.3 Å². The number of aromatic nitrogens is 1. The Morgan fingerprint density at radius 2 is 1.90 bits per heavy atom. The summed E-state index contributed by atoms with van der Waals surface area (Å²) in [6, 6.07) is 7.75. The van der Waals surface area contributed by atoms with E-state index in [2.05, 4.69) is 49.1 Å². The zero-order valence-electron chi connectivity index (χ0n) is 12.1. The minimum absolute atomic E-state index is 0.127. The van der Waals surface area contributed by atoms with Gasteiger partial charge in [0.25, 0.3) is 0 Å². The molecule has 20 heavy (non-hydrogen) atoms. The van der Waals surface area contributed by atoms with Crippen molar-refractivity contribution >= 4 is 23.2 Å². The van der Waals surface area contributed by atoms with Crippen LogP contribution in [0.3, 0.4) is 0 Å². The summed E-state index contributed by atoms with van der Waals surface area (Å²) in [4.78, 5) is 0. The van der Waals surface area contributed by atoms with E-state index in [1.165, 1.54) is 5.56 Å². The van der Waals surface area contributed by atoms with Crippen LogP contribution in [0.5, 0.6) is 0 Å². The Morgan fingerprint density at radius 3 is 2.55 bits per heavy atom. The lowest BCUT2D eigenvalue weighted by molar-refractivity contribution is 0.424. The van der Waals surface area contributed by atoms with Crippen LogP contribution in [-0.4, -0.2) is 10.1 Å². The highest BCUT2D eigenvalue weighted by Crippen LogP contribution is 2.22. The van der Waals surface area contributed by atoms with E-state index in [4.69, 9.17) is 23.2 Å². The third-order valence-corrected chi connectivity index (χ3v) is 3.59. The second kappa shape index (κ2) is 6.21. The summed E-state index contributed by atoms with van der Waals surface area (Å²) in [5.74, 6) is 0. The van der Waals surface area contributed by atoms with Crippen LogP contribution in [0.2, 0.25) is 10.0 Å². The van der Waals surface area contributed by atoms with Gasteiger partial charge in [-0.25, -0.2) is 0 Å². The Kier molecular flexibility index (Phi) is 4.79. The molecule has 0 radical (unpaired) electrons. The molecule has 0 aliphatic rings. The van der Waals surface area contributed by atoms with E-state index in [0.29, 0.717) is 10.0 Å². The van der Waals surface area contributed by atoms with Crippen molar-refractivity contribution in [2.45, 2.75) is 39.4 Å². The number of halogens is 2. The molecule has 1 heterocycles. The molecule has 0 bridgehead atoms. The molecule has 2 nitrogen and oxygen atoms in total. The maximum absolute atomic E-state index is 6.20. The van der Waals surface area contributed by atoms with Gasteiger partial charge in [0.2, 0.25) is 0 Å². The Balaban J connectivity index is 2.02. The van der Waals surface area contributed by atoms with Crippen molar-refractivity contribution in [3.8, 4) is 0 Å². The second-order valence-corrected chi connectivity index (χ2v) is 6.88. The fourth-order valence-electron chi connectivity index (χ4n) is 1.91. The second-order valence-electron chi connectivity index (χ2n) is 6.03. The highest BCUT2D eigenvalue weighted by atomic mass is 35.5. The average Bonchev–Trinajstić information content (AvgIpc) is 2.77. The highest BCUT2D eigenvalue weighted by molar-refractivity contribution is 6.35. The number of nitrogens with zero attached hydrogens (tertiary/aromatic N) is 1. The number of hydrogen-bond acceptors (Lipinski definition) is 1. The van der Waals surface area contributed by atoms with Crippen LogP contribution in [0.1, 0.15) is 31.9 Å². The molecule has 4 heteroatoms. The highest BCUT2D eigenvalue weighted by Gasteiger charge is 2.09. The number of hydrogen-bond donors (Lipinski definition) is 1. The molecule has 0 atom stereocenters. The van der Waals surface area contributed by atoms with E-state index in [-0.39, 0.29) is 5.54 Å². The Bertz CT molecular complexity index is 582. The lowest BCUT2D eigenvalue weighted by Crippen LogP contribution is -2.34. The lowest BCUT2D eigenvalue weighted by Gasteiger charge is -2.19. The SMILES string of the molecule is CC(C)(C)NCc1ccn(Cc2ccc(Cl)cc2Cl)c1. The van der Waals surface area contributed by atoms with Crippen molar-refractivity contribution in [3.63, 3.8) is 0 Å². The van der Waals surface area contributed by atoms with Crippen LogP contribution in [0.15, 0.2) is 36.7 Å². The first-order chi connectivity index (χ1) is 9.33. The number of nitrogens with one attached hydrogen (secondary N) is 1. The monoisotopic (exact) mass is 310 g/mol. The van der Waals surface area contributed by atoms with Crippen molar-refractivity contribution in [1.82, 2.24) is 9.88 Å². The third-order valence-electron chi connectivity index (χ3n) is 3.00. The third kappa shape index (κ3) is 4.55. The molecule has 0 spiro atoms. The van der Waals surface area contributed by atoms with Gasteiger partial charge in [0.15, 0.2) is 0 Å². The summed E-state index contributed by atoms with van der Waals surface area (Å²) < 4.78 is 2.13. The van der Waals surface area contributed by atoms with Gasteiger partial charge in [-0.15, -0.1) is 0 Å². The van der Waals surface area contributed by atoms with Crippen LogP contribution in [-0.2, 0) is 13.1 Å². The van der Waals surface area contributed by atoms with Gasteiger partial charge in [-0.2, -0.15) is 0 Å². The number of rotatable bonds is 4. The molecule has 1 aromatic heterocycles. The van der Waals surface area contributed by atoms with Crippen LogP contribution in [0, 0.1) is 0 Å². The quantitative estimate of drug-likeness (QED) is 0.863. The zero-order valence-corrected chi connectivity index (χ0v) is 13.6. The van der Waals surface area contributed by atoms with E-state index in [0.717, 1.165) is 18.7 Å². The van der Waals surface area contributed by atoms with Crippen molar-refractivity contribution in [2.75, 3.05) is 0 Å². The Hall–Kier alpha value is -0.960. The molecule has 1 N–H and O–H groups in total. The summed E-state index contributed by atoms with van der Waals surface area (Å²) in [6.45, 7) is 8.11. The minimum Gasteiger partial charge on any atom is -0.350 e. The van der Waals surface area contributed by atoms with E-state index in [9.17, 15) is 0 Å². The largest absolute Gasteiger partial charge is 0.350 e. The molecular formula is C16H20Cl2N2. The molecule has 0 saturated heterocycles. The first-order valence-corrected chi connectivity index (χ1v) is 7.43. The summed E-state index contributed by atoms with van der Waals surface area (Å²) in [6.07, 6.45) is 4.22. The smallest absolute Gasteiger partial charge is 0.0485 e. The summed E-state index contributed by atoms with van der Waals surface area (Å²) in [5, 5.41) is 4.85. The molecule has 2 aromatic rings. The van der Waals surface area contributed by atoms with Gasteiger partial charge >= 0.3 is 0 Å². The minimum atomic E-state index is 0.127. The van der Waals surface area contributed by atoms with Crippen molar-refractivity contribution in [3.05, 3.63) is 57.8 Å². The fourth-order valence-corrected chi connectivity index (χ4v) is 2.38. The summed E-state index contributed by atoms with van der Waals surface area (Å²) >= 11 is 12.1. The normalized spacial score (nSPS) is 11.8. The summed E-state index contributed by atoms with van der Waals surface area (Å²) in [7, 11) is 0. The zero-order chi connectivity index (χ0) is 14.8. The molecule has 1 aromatic carbocycles. The van der Waals surface area contributed by atoms with Crippen molar-refractivity contribution < 1.29 is 0 Å². The Labute approximate surface area is 130 Å². The maximum Gasteiger partial charge on any atom is 0.0485 e. The van der Waals surface area contributed by atoms with Crippen molar-refractivity contribution in [2.24, 2.45) is 0 Å². The molecule has 0 unspecified atom stereocenters. The lowest BCUT2D eigenvalue weighted by atomic mass is 10.1. The standard InChI is InChI=1S/C16H20Cl2N2/c1-16(2,3)19-9-12-6-7-20(10-12)11-13-4-5-14(17)8-15(13)18/h4-8,10,19H,9,11H2,1-3H3. The first kappa shape index (κ1) is 15.4. The van der Waals surface area contributed by atoms with Gasteiger partial charge in [-0.3, -0.25) is 0 Å². The van der Waals surface area contributed by atoms with Gasteiger partial charge in [-0.05, 0) is 50.1 Å².